The zero-order valence-corrected chi connectivity index (χ0v) is 11.0. The van der Waals surface area contributed by atoms with Crippen molar-refractivity contribution in [3.05, 3.63) is 0 Å². The van der Waals surface area contributed by atoms with E-state index in [1.165, 1.54) is 0 Å². The third-order valence-corrected chi connectivity index (χ3v) is 2.84. The van der Waals surface area contributed by atoms with Gasteiger partial charge in [-0.2, -0.15) is 0 Å². The average molecular weight is 260 g/mol. The Labute approximate surface area is 108 Å². The van der Waals surface area contributed by atoms with Crippen LogP contribution in [0.3, 0.4) is 0 Å². The van der Waals surface area contributed by atoms with Gasteiger partial charge in [-0.3, -0.25) is 4.90 Å². The van der Waals surface area contributed by atoms with Crippen molar-refractivity contribution in [3.8, 4) is 0 Å². The topological polar surface area (TPSA) is 104 Å². The molecule has 6 nitrogen and oxygen atoms in total. The number of hydrogen-bond acceptors (Lipinski definition) is 3. The maximum atomic E-state index is 11.1. The third-order valence-electron chi connectivity index (χ3n) is 2.84. The number of rotatable bonds is 10. The summed E-state index contributed by atoms with van der Waals surface area (Å²) in [5.74, 6) is -1.08. The molecule has 0 fully saturated rings. The lowest BCUT2D eigenvalue weighted by Gasteiger charge is -2.26. The highest BCUT2D eigenvalue weighted by Crippen LogP contribution is 2.11. The van der Waals surface area contributed by atoms with E-state index in [1.54, 1.807) is 0 Å². The van der Waals surface area contributed by atoms with E-state index >= 15 is 0 Å². The number of aliphatic carboxylic acids is 1. The molecular formula is C12H24N2O4. The molecule has 0 rings (SSSR count). The van der Waals surface area contributed by atoms with Crippen LogP contribution in [0.5, 0.6) is 0 Å². The summed E-state index contributed by atoms with van der Waals surface area (Å²) in [6.07, 6.45) is 3.08. The SMILES string of the molecule is CCCCCN(C(=O)O)C(CCCCN)C(=O)O. The zero-order valence-electron chi connectivity index (χ0n) is 11.0. The zero-order chi connectivity index (χ0) is 14.0. The van der Waals surface area contributed by atoms with Crippen LogP contribution >= 0.6 is 0 Å². The molecule has 0 aromatic heterocycles. The molecule has 0 aromatic rings. The average Bonchev–Trinajstić information content (AvgIpc) is 2.31. The Morgan fingerprint density at radius 2 is 1.83 bits per heavy atom. The number of carbonyl (C=O) groups is 2. The van der Waals surface area contributed by atoms with Gasteiger partial charge in [0.05, 0.1) is 0 Å². The van der Waals surface area contributed by atoms with Gasteiger partial charge in [-0.25, -0.2) is 9.59 Å². The van der Waals surface area contributed by atoms with Crippen molar-refractivity contribution in [1.29, 1.82) is 0 Å². The molecule has 4 N–H and O–H groups in total. The minimum absolute atomic E-state index is 0.281. The molecule has 1 amide bonds. The number of carboxylic acid groups (broad SMARTS) is 2. The van der Waals surface area contributed by atoms with Gasteiger partial charge in [0, 0.05) is 6.54 Å². The summed E-state index contributed by atoms with van der Waals surface area (Å²) in [6.45, 7) is 2.79. The van der Waals surface area contributed by atoms with E-state index in [-0.39, 0.29) is 6.54 Å². The van der Waals surface area contributed by atoms with Gasteiger partial charge in [-0.15, -0.1) is 0 Å². The Balaban J connectivity index is 4.45. The number of nitrogens with two attached hydrogens (primary N) is 1. The summed E-state index contributed by atoms with van der Waals surface area (Å²) in [4.78, 5) is 23.3. The second-order valence-corrected chi connectivity index (χ2v) is 4.32. The first-order valence-electron chi connectivity index (χ1n) is 6.47. The molecule has 0 aliphatic rings. The van der Waals surface area contributed by atoms with E-state index in [9.17, 15) is 9.59 Å². The normalized spacial score (nSPS) is 12.1. The van der Waals surface area contributed by atoms with E-state index in [1.807, 2.05) is 6.92 Å². The lowest BCUT2D eigenvalue weighted by molar-refractivity contribution is -0.143. The van der Waals surface area contributed by atoms with E-state index < -0.39 is 18.1 Å². The highest BCUT2D eigenvalue weighted by molar-refractivity contribution is 5.79. The first-order chi connectivity index (χ1) is 8.54. The second kappa shape index (κ2) is 9.70. The number of amides is 1. The molecule has 0 aromatic carbocycles. The molecule has 0 saturated heterocycles. The minimum Gasteiger partial charge on any atom is -0.480 e. The molecular weight excluding hydrogens is 236 g/mol. The van der Waals surface area contributed by atoms with E-state index in [0.29, 0.717) is 32.2 Å². The summed E-state index contributed by atoms with van der Waals surface area (Å²) in [7, 11) is 0. The molecule has 0 aliphatic heterocycles. The van der Waals surface area contributed by atoms with E-state index in [2.05, 4.69) is 0 Å². The Morgan fingerprint density at radius 3 is 2.28 bits per heavy atom. The molecule has 0 heterocycles. The molecule has 0 aliphatic carbocycles. The molecule has 0 spiro atoms. The predicted molar refractivity (Wildman–Crippen MR) is 68.6 cm³/mol. The van der Waals surface area contributed by atoms with Crippen LogP contribution in [0.15, 0.2) is 0 Å². The van der Waals surface area contributed by atoms with Crippen molar-refractivity contribution in [2.24, 2.45) is 5.73 Å². The van der Waals surface area contributed by atoms with Crippen molar-refractivity contribution >= 4 is 12.1 Å². The number of nitrogens with zero attached hydrogens (tertiary/aromatic N) is 1. The summed E-state index contributed by atoms with van der Waals surface area (Å²) in [5.41, 5.74) is 5.35. The van der Waals surface area contributed by atoms with Crippen molar-refractivity contribution in [2.75, 3.05) is 13.1 Å². The van der Waals surface area contributed by atoms with E-state index in [0.717, 1.165) is 17.7 Å². The third kappa shape index (κ3) is 6.44. The number of hydrogen-bond donors (Lipinski definition) is 3. The number of carboxylic acids is 1. The molecule has 1 atom stereocenters. The van der Waals surface area contributed by atoms with E-state index in [4.69, 9.17) is 15.9 Å². The molecule has 6 heteroatoms. The van der Waals surface area contributed by atoms with Gasteiger partial charge in [0.2, 0.25) is 0 Å². The second-order valence-electron chi connectivity index (χ2n) is 4.32. The van der Waals surface area contributed by atoms with Gasteiger partial charge >= 0.3 is 12.1 Å². The van der Waals surface area contributed by atoms with Crippen molar-refractivity contribution in [2.45, 2.75) is 51.5 Å². The molecule has 18 heavy (non-hydrogen) atoms. The fourth-order valence-electron chi connectivity index (χ4n) is 1.81. The van der Waals surface area contributed by atoms with Crippen LogP contribution in [-0.4, -0.2) is 46.3 Å². The van der Waals surface area contributed by atoms with Gasteiger partial charge in [-0.05, 0) is 32.2 Å². The fourth-order valence-corrected chi connectivity index (χ4v) is 1.81. The van der Waals surface area contributed by atoms with Gasteiger partial charge in [0.25, 0.3) is 0 Å². The largest absolute Gasteiger partial charge is 0.480 e. The van der Waals surface area contributed by atoms with Crippen LogP contribution < -0.4 is 5.73 Å². The maximum Gasteiger partial charge on any atom is 0.408 e. The van der Waals surface area contributed by atoms with Gasteiger partial charge in [0.1, 0.15) is 6.04 Å². The Morgan fingerprint density at radius 1 is 1.17 bits per heavy atom. The molecule has 0 radical (unpaired) electrons. The number of unbranched alkanes of at least 4 members (excludes halogenated alkanes) is 3. The summed E-state index contributed by atoms with van der Waals surface area (Å²) in [6, 6.07) is -0.953. The highest BCUT2D eigenvalue weighted by atomic mass is 16.4. The summed E-state index contributed by atoms with van der Waals surface area (Å²) < 4.78 is 0. The highest BCUT2D eigenvalue weighted by Gasteiger charge is 2.28. The van der Waals surface area contributed by atoms with Crippen LogP contribution in [-0.2, 0) is 4.79 Å². The first kappa shape index (κ1) is 16.7. The quantitative estimate of drug-likeness (QED) is 0.519. The molecule has 0 saturated carbocycles. The van der Waals surface area contributed by atoms with Crippen LogP contribution in [0, 0.1) is 0 Å². The van der Waals surface area contributed by atoms with Crippen molar-refractivity contribution in [1.82, 2.24) is 4.90 Å². The molecule has 106 valence electrons. The minimum atomic E-state index is -1.16. The fraction of sp³-hybridized carbons (Fsp3) is 0.833. The maximum absolute atomic E-state index is 11.1. The lowest BCUT2D eigenvalue weighted by Crippen LogP contribution is -2.45. The Hall–Kier alpha value is -1.30. The monoisotopic (exact) mass is 260 g/mol. The summed E-state index contributed by atoms with van der Waals surface area (Å²) in [5, 5.41) is 18.2. The Bertz CT molecular complexity index is 232. The van der Waals surface area contributed by atoms with Gasteiger partial charge < -0.3 is 15.9 Å². The standard InChI is InChI=1S/C12H24N2O4/c1-2-3-6-9-14(12(17)18)10(11(15)16)7-4-5-8-13/h10H,2-9,13H2,1H3,(H,15,16)(H,17,18). The molecule has 1 unspecified atom stereocenters. The van der Waals surface area contributed by atoms with Crippen LogP contribution in [0.4, 0.5) is 4.79 Å². The lowest BCUT2D eigenvalue weighted by atomic mass is 10.1. The van der Waals surface area contributed by atoms with Crippen molar-refractivity contribution < 1.29 is 19.8 Å². The predicted octanol–water partition coefficient (Wildman–Crippen LogP) is 1.74. The summed E-state index contributed by atoms with van der Waals surface area (Å²) >= 11 is 0. The van der Waals surface area contributed by atoms with Crippen LogP contribution in [0.1, 0.15) is 45.4 Å². The first-order valence-corrected chi connectivity index (χ1v) is 6.47. The van der Waals surface area contributed by atoms with Crippen LogP contribution in [0.25, 0.3) is 0 Å². The van der Waals surface area contributed by atoms with Crippen LogP contribution in [0.2, 0.25) is 0 Å². The van der Waals surface area contributed by atoms with Gasteiger partial charge in [0.15, 0.2) is 0 Å². The van der Waals surface area contributed by atoms with Gasteiger partial charge in [-0.1, -0.05) is 19.8 Å². The molecule has 0 bridgehead atoms. The van der Waals surface area contributed by atoms with Crippen molar-refractivity contribution in [3.63, 3.8) is 0 Å². The smallest absolute Gasteiger partial charge is 0.408 e. The Kier molecular flexibility index (Phi) is 9.00.